The maximum atomic E-state index is 13.3. The molecule has 0 aliphatic heterocycles. The summed E-state index contributed by atoms with van der Waals surface area (Å²) in [6.45, 7) is 1.35. The summed E-state index contributed by atoms with van der Waals surface area (Å²) in [5, 5.41) is 6.25. The fourth-order valence-electron chi connectivity index (χ4n) is 2.53. The number of nitrogens with zero attached hydrogens (tertiary/aromatic N) is 2. The van der Waals surface area contributed by atoms with Gasteiger partial charge in [0.2, 0.25) is 0 Å². The summed E-state index contributed by atoms with van der Waals surface area (Å²) < 4.78 is 27.5. The Morgan fingerprint density at radius 1 is 1.13 bits per heavy atom. The van der Waals surface area contributed by atoms with Crippen LogP contribution in [-0.2, 0) is 14.8 Å². The fraction of sp³-hybridized carbons (Fsp3) is 0.100. The Kier molecular flexibility index (Phi) is 7.14. The summed E-state index contributed by atoms with van der Waals surface area (Å²) in [4.78, 5) is 13.4. The van der Waals surface area contributed by atoms with E-state index in [4.69, 9.17) is 23.2 Å². The molecule has 0 saturated heterocycles. The van der Waals surface area contributed by atoms with Crippen LogP contribution in [0.3, 0.4) is 0 Å². The lowest BCUT2D eigenvalue weighted by atomic mass is 10.2. The van der Waals surface area contributed by atoms with Crippen molar-refractivity contribution in [1.82, 2.24) is 5.43 Å². The Morgan fingerprint density at radius 2 is 1.80 bits per heavy atom. The fourth-order valence-corrected chi connectivity index (χ4v) is 5.04. The van der Waals surface area contributed by atoms with Crippen LogP contribution >= 0.6 is 34.5 Å². The highest BCUT2D eigenvalue weighted by Crippen LogP contribution is 2.29. The monoisotopic (exact) mass is 481 g/mol. The van der Waals surface area contributed by atoms with Crippen molar-refractivity contribution < 1.29 is 13.2 Å². The number of carbonyl (C=O) groups excluding carboxylic acids is 1. The van der Waals surface area contributed by atoms with Crippen molar-refractivity contribution in [3.8, 4) is 0 Å². The molecule has 156 valence electrons. The molecule has 2 aromatic carbocycles. The van der Waals surface area contributed by atoms with Gasteiger partial charge in [-0.15, -0.1) is 11.3 Å². The van der Waals surface area contributed by atoms with Crippen molar-refractivity contribution in [2.75, 3.05) is 10.8 Å². The van der Waals surface area contributed by atoms with Gasteiger partial charge in [0.1, 0.15) is 6.54 Å². The Morgan fingerprint density at radius 3 is 2.40 bits per heavy atom. The minimum atomic E-state index is -4.06. The number of rotatable bonds is 7. The lowest BCUT2D eigenvalue weighted by molar-refractivity contribution is -0.119. The van der Waals surface area contributed by atoms with Gasteiger partial charge < -0.3 is 0 Å². The lowest BCUT2D eigenvalue weighted by Crippen LogP contribution is -2.39. The predicted molar refractivity (Wildman–Crippen MR) is 122 cm³/mol. The van der Waals surface area contributed by atoms with Crippen LogP contribution < -0.4 is 9.73 Å². The molecule has 0 saturated carbocycles. The zero-order valence-corrected chi connectivity index (χ0v) is 18.9. The molecule has 0 aliphatic rings. The number of hydrogen-bond donors (Lipinski definition) is 1. The Bertz CT molecular complexity index is 1140. The van der Waals surface area contributed by atoms with Crippen LogP contribution in [0.2, 0.25) is 10.0 Å². The molecule has 1 aromatic heterocycles. The van der Waals surface area contributed by atoms with E-state index in [1.54, 1.807) is 12.1 Å². The van der Waals surface area contributed by atoms with E-state index >= 15 is 0 Å². The van der Waals surface area contributed by atoms with Gasteiger partial charge in [0.25, 0.3) is 15.9 Å². The van der Waals surface area contributed by atoms with E-state index in [0.29, 0.717) is 0 Å². The van der Waals surface area contributed by atoms with Gasteiger partial charge in [-0.3, -0.25) is 9.10 Å². The normalized spacial score (nSPS) is 11.6. The van der Waals surface area contributed by atoms with E-state index < -0.39 is 22.5 Å². The summed E-state index contributed by atoms with van der Waals surface area (Å²) in [7, 11) is -4.06. The highest BCUT2D eigenvalue weighted by Gasteiger charge is 2.27. The minimum absolute atomic E-state index is 0.0408. The smallest absolute Gasteiger partial charge is 0.264 e. The molecule has 1 heterocycles. The topological polar surface area (TPSA) is 78.8 Å². The number of thiophene rings is 1. The zero-order valence-electron chi connectivity index (χ0n) is 15.7. The van der Waals surface area contributed by atoms with E-state index in [0.717, 1.165) is 14.7 Å². The molecule has 30 heavy (non-hydrogen) atoms. The van der Waals surface area contributed by atoms with Crippen LogP contribution in [0.15, 0.2) is 70.0 Å². The summed E-state index contributed by atoms with van der Waals surface area (Å²) in [6.07, 6.45) is 1.48. The molecular weight excluding hydrogens is 465 g/mol. The van der Waals surface area contributed by atoms with Crippen molar-refractivity contribution in [3.05, 3.63) is 80.5 Å². The summed E-state index contributed by atoms with van der Waals surface area (Å²) in [5.74, 6) is -0.616. The molecule has 0 spiro atoms. The van der Waals surface area contributed by atoms with Gasteiger partial charge in [-0.05, 0) is 48.7 Å². The van der Waals surface area contributed by atoms with Crippen molar-refractivity contribution in [2.24, 2.45) is 5.10 Å². The van der Waals surface area contributed by atoms with Crippen molar-refractivity contribution in [1.29, 1.82) is 0 Å². The van der Waals surface area contributed by atoms with E-state index in [1.165, 1.54) is 47.9 Å². The molecule has 0 atom stereocenters. The first-order chi connectivity index (χ1) is 14.3. The first-order valence-electron chi connectivity index (χ1n) is 8.66. The SMILES string of the molecule is Cc1ccc(S(=O)(=O)N(CC(=O)N/N=C\c2cccs2)c2cc(Cl)cc(Cl)c2)cc1. The van der Waals surface area contributed by atoms with E-state index in [9.17, 15) is 13.2 Å². The second kappa shape index (κ2) is 9.61. The highest BCUT2D eigenvalue weighted by molar-refractivity contribution is 7.92. The third kappa shape index (κ3) is 5.60. The molecule has 1 N–H and O–H groups in total. The zero-order chi connectivity index (χ0) is 21.7. The molecule has 0 fully saturated rings. The second-order valence-corrected chi connectivity index (χ2v) is 9.98. The molecule has 0 unspecified atom stereocenters. The van der Waals surface area contributed by atoms with E-state index in [2.05, 4.69) is 10.5 Å². The van der Waals surface area contributed by atoms with Crippen LogP contribution in [0.25, 0.3) is 0 Å². The number of halogens is 2. The van der Waals surface area contributed by atoms with E-state index in [-0.39, 0.29) is 20.6 Å². The van der Waals surface area contributed by atoms with Gasteiger partial charge in [0, 0.05) is 14.9 Å². The average Bonchev–Trinajstić information content (AvgIpc) is 3.19. The predicted octanol–water partition coefficient (Wildman–Crippen LogP) is 4.71. The number of anilines is 1. The largest absolute Gasteiger partial charge is 0.271 e. The Hall–Kier alpha value is -2.39. The molecule has 0 radical (unpaired) electrons. The van der Waals surface area contributed by atoms with Crippen LogP contribution in [0.1, 0.15) is 10.4 Å². The molecule has 3 aromatic rings. The first kappa shape index (κ1) is 22.3. The number of benzene rings is 2. The van der Waals surface area contributed by atoms with Crippen LogP contribution in [0, 0.1) is 6.92 Å². The lowest BCUT2D eigenvalue weighted by Gasteiger charge is -2.24. The van der Waals surface area contributed by atoms with Gasteiger partial charge in [-0.25, -0.2) is 13.8 Å². The Balaban J connectivity index is 1.91. The molecule has 1 amide bonds. The van der Waals surface area contributed by atoms with Crippen LogP contribution in [-0.4, -0.2) is 27.1 Å². The van der Waals surface area contributed by atoms with Crippen molar-refractivity contribution in [3.63, 3.8) is 0 Å². The number of amides is 1. The Labute approximate surface area is 188 Å². The van der Waals surface area contributed by atoms with Crippen molar-refractivity contribution >= 4 is 62.4 Å². The van der Waals surface area contributed by atoms with Crippen molar-refractivity contribution in [2.45, 2.75) is 11.8 Å². The second-order valence-electron chi connectivity index (χ2n) is 6.26. The number of nitrogens with one attached hydrogen (secondary N) is 1. The summed E-state index contributed by atoms with van der Waals surface area (Å²) in [6, 6.07) is 14.4. The molecule has 10 heteroatoms. The van der Waals surface area contributed by atoms with Crippen LogP contribution in [0.4, 0.5) is 5.69 Å². The third-order valence-electron chi connectivity index (χ3n) is 3.96. The van der Waals surface area contributed by atoms with Gasteiger partial charge in [-0.1, -0.05) is 47.0 Å². The molecule has 0 aliphatic carbocycles. The first-order valence-corrected chi connectivity index (χ1v) is 11.7. The van der Waals surface area contributed by atoms with Gasteiger partial charge in [0.15, 0.2) is 0 Å². The standard InChI is InChI=1S/C20H17Cl2N3O3S2/c1-14-4-6-19(7-5-14)30(27,28)25(17-10-15(21)9-16(22)11-17)13-20(26)24-23-12-18-3-2-8-29-18/h2-12H,13H2,1H3,(H,24,26)/b23-12-. The number of carbonyl (C=O) groups is 1. The molecule has 6 nitrogen and oxygen atoms in total. The summed E-state index contributed by atoms with van der Waals surface area (Å²) in [5.41, 5.74) is 3.43. The maximum Gasteiger partial charge on any atom is 0.264 e. The number of sulfonamides is 1. The number of hydrazone groups is 1. The highest BCUT2D eigenvalue weighted by atomic mass is 35.5. The quantitative estimate of drug-likeness (QED) is 0.391. The number of aryl methyl sites for hydroxylation is 1. The molecular formula is C20H17Cl2N3O3S2. The van der Waals surface area contributed by atoms with Crippen LogP contribution in [0.5, 0.6) is 0 Å². The van der Waals surface area contributed by atoms with Gasteiger partial charge in [-0.2, -0.15) is 5.10 Å². The maximum absolute atomic E-state index is 13.3. The number of hydrogen-bond acceptors (Lipinski definition) is 5. The third-order valence-corrected chi connectivity index (χ3v) is 6.99. The van der Waals surface area contributed by atoms with E-state index in [1.807, 2.05) is 24.4 Å². The molecule has 0 bridgehead atoms. The van der Waals surface area contributed by atoms with Gasteiger partial charge >= 0.3 is 0 Å². The van der Waals surface area contributed by atoms with Gasteiger partial charge in [0.05, 0.1) is 16.8 Å². The average molecular weight is 482 g/mol. The summed E-state index contributed by atoms with van der Waals surface area (Å²) >= 11 is 13.6. The minimum Gasteiger partial charge on any atom is -0.271 e. The molecule has 3 rings (SSSR count).